The molecule has 0 aliphatic heterocycles. The summed E-state index contributed by atoms with van der Waals surface area (Å²) in [6.45, 7) is 1.49. The Morgan fingerprint density at radius 1 is 1.47 bits per heavy atom. The molecule has 0 aromatic heterocycles. The Morgan fingerprint density at radius 2 is 2.07 bits per heavy atom. The van der Waals surface area contributed by atoms with Gasteiger partial charge in [0.1, 0.15) is 6.21 Å². The third-order valence-electron chi connectivity index (χ3n) is 1.67. The fourth-order valence-corrected chi connectivity index (χ4v) is 2.10. The summed E-state index contributed by atoms with van der Waals surface area (Å²) in [5.41, 5.74) is 0. The monoisotopic (exact) mass is 226 g/mol. The molecule has 1 unspecified atom stereocenters. The molecule has 0 bridgehead atoms. The van der Waals surface area contributed by atoms with Crippen LogP contribution in [-0.2, 0) is 9.36 Å². The van der Waals surface area contributed by atoms with E-state index >= 15 is 0 Å². The fourth-order valence-electron chi connectivity index (χ4n) is 0.964. The molecule has 0 aliphatic rings. The van der Waals surface area contributed by atoms with E-state index in [1.54, 1.807) is 24.3 Å². The second-order valence-corrected chi connectivity index (χ2v) is 5.52. The molecule has 0 radical (unpaired) electrons. The van der Waals surface area contributed by atoms with E-state index < -0.39 is 13.3 Å². The Labute approximate surface area is 87.2 Å². The van der Waals surface area contributed by atoms with E-state index in [-0.39, 0.29) is 0 Å². The van der Waals surface area contributed by atoms with Crippen LogP contribution in [0.4, 0.5) is 0 Å². The number of rotatable bonds is 4. The molecule has 0 aliphatic carbocycles. The SMILES string of the molecule is CP(=O)(N/N=C\C(=O)O)c1ccccc1. The maximum absolute atomic E-state index is 12.0. The maximum Gasteiger partial charge on any atom is 0.348 e. The summed E-state index contributed by atoms with van der Waals surface area (Å²) in [6, 6.07) is 8.72. The quantitative estimate of drug-likeness (QED) is 0.453. The van der Waals surface area contributed by atoms with Gasteiger partial charge in [0, 0.05) is 12.0 Å². The predicted octanol–water partition coefficient (Wildman–Crippen LogP) is 0.880. The van der Waals surface area contributed by atoms with Crippen molar-refractivity contribution in [3.05, 3.63) is 30.3 Å². The number of carboxylic acids is 1. The van der Waals surface area contributed by atoms with Gasteiger partial charge in [0.2, 0.25) is 7.29 Å². The molecule has 0 saturated heterocycles. The van der Waals surface area contributed by atoms with Crippen molar-refractivity contribution < 1.29 is 14.5 Å². The highest BCUT2D eigenvalue weighted by Crippen LogP contribution is 2.34. The van der Waals surface area contributed by atoms with Crippen LogP contribution in [0, 0.1) is 0 Å². The minimum absolute atomic E-state index is 0.604. The highest BCUT2D eigenvalue weighted by Gasteiger charge is 2.15. The van der Waals surface area contributed by atoms with E-state index in [1.165, 1.54) is 6.66 Å². The molecule has 0 spiro atoms. The van der Waals surface area contributed by atoms with Gasteiger partial charge in [0.15, 0.2) is 0 Å². The third-order valence-corrected chi connectivity index (χ3v) is 3.45. The molecule has 15 heavy (non-hydrogen) atoms. The number of carbonyl (C=O) groups is 1. The van der Waals surface area contributed by atoms with E-state index in [4.69, 9.17) is 5.11 Å². The molecule has 0 heterocycles. The average Bonchev–Trinajstić information content (AvgIpc) is 2.18. The number of benzene rings is 1. The van der Waals surface area contributed by atoms with Crippen molar-refractivity contribution in [2.75, 3.05) is 6.66 Å². The molecule has 1 atom stereocenters. The molecule has 1 rings (SSSR count). The first-order chi connectivity index (χ1) is 7.02. The Hall–Kier alpha value is -1.61. The number of nitrogens with zero attached hydrogens (tertiary/aromatic N) is 1. The highest BCUT2D eigenvalue weighted by molar-refractivity contribution is 7.68. The van der Waals surface area contributed by atoms with Gasteiger partial charge in [-0.3, -0.25) is 9.76 Å². The van der Waals surface area contributed by atoms with Gasteiger partial charge in [-0.05, 0) is 12.1 Å². The first-order valence-electron chi connectivity index (χ1n) is 4.19. The van der Waals surface area contributed by atoms with E-state index in [0.717, 1.165) is 0 Å². The maximum atomic E-state index is 12.0. The molecule has 0 amide bonds. The molecule has 0 fully saturated rings. The van der Waals surface area contributed by atoms with E-state index in [9.17, 15) is 9.36 Å². The standard InChI is InChI=1S/C9H11N2O3P/c1-15(14,11-10-7-9(12)13)8-5-3-2-4-6-8/h2-7H,1H3,(H,11,14)(H,12,13)/b10-7-. The van der Waals surface area contributed by atoms with Gasteiger partial charge in [-0.1, -0.05) is 18.2 Å². The molecule has 80 valence electrons. The lowest BCUT2D eigenvalue weighted by Crippen LogP contribution is -2.14. The average molecular weight is 226 g/mol. The van der Waals surface area contributed by atoms with Gasteiger partial charge < -0.3 is 5.11 Å². The molecule has 2 N–H and O–H groups in total. The Bertz CT molecular complexity index is 417. The number of nitrogens with one attached hydrogen (secondary N) is 1. The summed E-state index contributed by atoms with van der Waals surface area (Å²) in [4.78, 5) is 10.1. The lowest BCUT2D eigenvalue weighted by atomic mass is 10.4. The topological polar surface area (TPSA) is 78.8 Å². The molecular weight excluding hydrogens is 215 g/mol. The van der Waals surface area contributed by atoms with Crippen molar-refractivity contribution in [1.29, 1.82) is 0 Å². The van der Waals surface area contributed by atoms with Crippen molar-refractivity contribution in [1.82, 2.24) is 5.20 Å². The number of hydrogen-bond donors (Lipinski definition) is 2. The molecule has 5 nitrogen and oxygen atoms in total. The van der Waals surface area contributed by atoms with Gasteiger partial charge in [-0.15, -0.1) is 0 Å². The van der Waals surface area contributed by atoms with Gasteiger partial charge in [0.25, 0.3) is 0 Å². The summed E-state index contributed by atoms with van der Waals surface area (Å²) in [5, 5.41) is 14.6. The third kappa shape index (κ3) is 3.56. The summed E-state index contributed by atoms with van der Waals surface area (Å²) in [7, 11) is -2.81. The number of hydrazone groups is 1. The Balaban J connectivity index is 2.77. The summed E-state index contributed by atoms with van der Waals surface area (Å²) >= 11 is 0. The molecule has 1 aromatic rings. The van der Waals surface area contributed by atoms with Gasteiger partial charge in [-0.2, -0.15) is 5.10 Å². The smallest absolute Gasteiger partial charge is 0.348 e. The van der Waals surface area contributed by atoms with Crippen LogP contribution in [-0.4, -0.2) is 24.0 Å². The zero-order valence-electron chi connectivity index (χ0n) is 8.12. The summed E-state index contributed by atoms with van der Waals surface area (Å²) in [6.07, 6.45) is 0.666. The van der Waals surface area contributed by atoms with Gasteiger partial charge in [0.05, 0.1) is 0 Å². The normalized spacial score (nSPS) is 14.7. The van der Waals surface area contributed by atoms with Crippen LogP contribution in [0.3, 0.4) is 0 Å². The first kappa shape index (κ1) is 11.5. The predicted molar refractivity (Wildman–Crippen MR) is 58.9 cm³/mol. The van der Waals surface area contributed by atoms with Crippen molar-refractivity contribution >= 4 is 24.8 Å². The van der Waals surface area contributed by atoms with Crippen molar-refractivity contribution in [2.45, 2.75) is 0 Å². The van der Waals surface area contributed by atoms with E-state index in [2.05, 4.69) is 10.3 Å². The van der Waals surface area contributed by atoms with E-state index in [1.807, 2.05) is 6.07 Å². The van der Waals surface area contributed by atoms with Crippen molar-refractivity contribution in [3.63, 3.8) is 0 Å². The molecule has 6 heteroatoms. The largest absolute Gasteiger partial charge is 0.477 e. The van der Waals surface area contributed by atoms with Crippen molar-refractivity contribution in [2.24, 2.45) is 5.10 Å². The fraction of sp³-hybridized carbons (Fsp3) is 0.111. The molecular formula is C9H11N2O3P. The molecule has 0 saturated carbocycles. The van der Waals surface area contributed by atoms with Crippen LogP contribution in [0.5, 0.6) is 0 Å². The lowest BCUT2D eigenvalue weighted by molar-refractivity contribution is -0.128. The summed E-state index contributed by atoms with van der Waals surface area (Å²) in [5.74, 6) is -1.18. The number of aliphatic carboxylic acids is 1. The summed E-state index contributed by atoms with van der Waals surface area (Å²) < 4.78 is 12.0. The minimum Gasteiger partial charge on any atom is -0.477 e. The lowest BCUT2D eigenvalue weighted by Gasteiger charge is -2.11. The van der Waals surface area contributed by atoms with E-state index in [0.29, 0.717) is 11.5 Å². The second kappa shape index (κ2) is 4.75. The minimum atomic E-state index is -2.81. The van der Waals surface area contributed by atoms with Gasteiger partial charge >= 0.3 is 5.97 Å². The Morgan fingerprint density at radius 3 is 2.60 bits per heavy atom. The van der Waals surface area contributed by atoms with Crippen LogP contribution >= 0.6 is 7.29 Å². The zero-order chi connectivity index (χ0) is 11.3. The van der Waals surface area contributed by atoms with Crippen LogP contribution in [0.25, 0.3) is 0 Å². The van der Waals surface area contributed by atoms with Crippen LogP contribution in [0.1, 0.15) is 0 Å². The van der Waals surface area contributed by atoms with Crippen LogP contribution in [0.15, 0.2) is 35.4 Å². The highest BCUT2D eigenvalue weighted by atomic mass is 31.2. The van der Waals surface area contributed by atoms with Crippen LogP contribution in [0.2, 0.25) is 0 Å². The first-order valence-corrected chi connectivity index (χ1v) is 6.34. The second-order valence-electron chi connectivity index (χ2n) is 2.96. The number of carboxylic acid groups (broad SMARTS) is 1. The molecule has 1 aromatic carbocycles. The van der Waals surface area contributed by atoms with Crippen LogP contribution < -0.4 is 10.5 Å². The Kier molecular flexibility index (Phi) is 3.63. The number of hydrogen-bond acceptors (Lipinski definition) is 3. The zero-order valence-corrected chi connectivity index (χ0v) is 9.02. The van der Waals surface area contributed by atoms with Gasteiger partial charge in [-0.25, -0.2) is 4.79 Å². The van der Waals surface area contributed by atoms with Crippen molar-refractivity contribution in [3.8, 4) is 0 Å².